The molecule has 3 heteroatoms. The van der Waals surface area contributed by atoms with Crippen molar-refractivity contribution < 1.29 is 9.84 Å². The van der Waals surface area contributed by atoms with E-state index < -0.39 is 0 Å². The predicted molar refractivity (Wildman–Crippen MR) is 82.6 cm³/mol. The van der Waals surface area contributed by atoms with Crippen LogP contribution in [0.5, 0.6) is 0 Å². The summed E-state index contributed by atoms with van der Waals surface area (Å²) >= 11 is 0. The van der Waals surface area contributed by atoms with E-state index in [1.54, 1.807) is 7.11 Å². The molecular weight excluding hydrogens is 250 g/mol. The number of ether oxygens (including phenoxy) is 1. The molecule has 0 fully saturated rings. The van der Waals surface area contributed by atoms with Crippen molar-refractivity contribution in [1.29, 1.82) is 0 Å². The molecule has 0 aromatic heterocycles. The normalized spacial score (nSPS) is 20.5. The van der Waals surface area contributed by atoms with Crippen LogP contribution in [0.15, 0.2) is 36.4 Å². The second kappa shape index (κ2) is 8.20. The minimum Gasteiger partial charge on any atom is -0.396 e. The molecule has 3 nitrogen and oxygen atoms in total. The first-order valence-corrected chi connectivity index (χ1v) is 7.45. The molecule has 0 spiro atoms. The average molecular weight is 275 g/mol. The van der Waals surface area contributed by atoms with Gasteiger partial charge in [-0.1, -0.05) is 36.4 Å². The van der Waals surface area contributed by atoms with Gasteiger partial charge in [-0.25, -0.2) is 0 Å². The standard InChI is InChI=1S/C17H25NO2/c1-20-13-17(10-11-19)18-16-9-5-8-15(12-16)14-6-3-2-4-7-14/h2-4,6-7,12,16-19H,5,8-11,13H2,1H3. The Bertz CT molecular complexity index is 410. The monoisotopic (exact) mass is 275 g/mol. The number of hydrogen-bond acceptors (Lipinski definition) is 3. The molecule has 2 unspecified atom stereocenters. The first-order valence-electron chi connectivity index (χ1n) is 7.45. The van der Waals surface area contributed by atoms with E-state index in [9.17, 15) is 0 Å². The van der Waals surface area contributed by atoms with Gasteiger partial charge in [0.25, 0.3) is 0 Å². The van der Waals surface area contributed by atoms with E-state index in [4.69, 9.17) is 9.84 Å². The number of aliphatic hydroxyl groups is 1. The molecule has 2 N–H and O–H groups in total. The highest BCUT2D eigenvalue weighted by atomic mass is 16.5. The Labute approximate surface area is 121 Å². The number of allylic oxidation sites excluding steroid dienone is 1. The van der Waals surface area contributed by atoms with E-state index in [0.29, 0.717) is 12.6 Å². The molecule has 0 saturated heterocycles. The summed E-state index contributed by atoms with van der Waals surface area (Å²) in [5.41, 5.74) is 2.75. The molecule has 0 amide bonds. The predicted octanol–water partition coefficient (Wildman–Crippen LogP) is 2.61. The summed E-state index contributed by atoms with van der Waals surface area (Å²) < 4.78 is 5.22. The number of nitrogens with one attached hydrogen (secondary N) is 1. The van der Waals surface area contributed by atoms with Gasteiger partial charge < -0.3 is 15.2 Å². The van der Waals surface area contributed by atoms with E-state index >= 15 is 0 Å². The second-order valence-corrected chi connectivity index (χ2v) is 5.39. The number of rotatable bonds is 7. The van der Waals surface area contributed by atoms with Crippen LogP contribution in [0.4, 0.5) is 0 Å². The third-order valence-electron chi connectivity index (χ3n) is 3.80. The van der Waals surface area contributed by atoms with Gasteiger partial charge in [0.05, 0.1) is 6.61 Å². The summed E-state index contributed by atoms with van der Waals surface area (Å²) in [6.07, 6.45) is 6.59. The summed E-state index contributed by atoms with van der Waals surface area (Å²) in [7, 11) is 1.71. The zero-order valence-corrected chi connectivity index (χ0v) is 12.2. The summed E-state index contributed by atoms with van der Waals surface area (Å²) in [6, 6.07) is 11.2. The lowest BCUT2D eigenvalue weighted by molar-refractivity contribution is 0.144. The van der Waals surface area contributed by atoms with Crippen LogP contribution < -0.4 is 5.32 Å². The van der Waals surface area contributed by atoms with Gasteiger partial charge in [-0.3, -0.25) is 0 Å². The Hall–Kier alpha value is -1.16. The molecule has 1 aliphatic carbocycles. The zero-order valence-electron chi connectivity index (χ0n) is 12.2. The van der Waals surface area contributed by atoms with Crippen molar-refractivity contribution in [2.75, 3.05) is 20.3 Å². The highest BCUT2D eigenvalue weighted by molar-refractivity contribution is 5.66. The topological polar surface area (TPSA) is 41.5 Å². The number of hydrogen-bond donors (Lipinski definition) is 2. The molecular formula is C17H25NO2. The van der Waals surface area contributed by atoms with Crippen LogP contribution in [0.3, 0.4) is 0 Å². The maximum Gasteiger partial charge on any atom is 0.0616 e. The maximum atomic E-state index is 9.11. The van der Waals surface area contributed by atoms with E-state index in [1.807, 2.05) is 0 Å². The van der Waals surface area contributed by atoms with Crippen LogP contribution in [0.25, 0.3) is 5.57 Å². The SMILES string of the molecule is COCC(CCO)NC1C=C(c2ccccc2)CCC1. The Morgan fingerprint density at radius 3 is 2.85 bits per heavy atom. The molecule has 2 rings (SSSR count). The van der Waals surface area contributed by atoms with Gasteiger partial charge in [0.15, 0.2) is 0 Å². The Kier molecular flexibility index (Phi) is 6.25. The Balaban J connectivity index is 2.01. The maximum absolute atomic E-state index is 9.11. The summed E-state index contributed by atoms with van der Waals surface area (Å²) in [4.78, 5) is 0. The molecule has 1 aromatic carbocycles. The van der Waals surface area contributed by atoms with E-state index in [-0.39, 0.29) is 12.6 Å². The van der Waals surface area contributed by atoms with Crippen LogP contribution in [0, 0.1) is 0 Å². The quantitative estimate of drug-likeness (QED) is 0.803. The zero-order chi connectivity index (χ0) is 14.2. The molecule has 0 heterocycles. The van der Waals surface area contributed by atoms with Crippen molar-refractivity contribution in [3.8, 4) is 0 Å². The Morgan fingerprint density at radius 1 is 1.35 bits per heavy atom. The van der Waals surface area contributed by atoms with Crippen molar-refractivity contribution >= 4 is 5.57 Å². The van der Waals surface area contributed by atoms with Gasteiger partial charge in [-0.05, 0) is 36.8 Å². The first kappa shape index (κ1) is 15.2. The van der Waals surface area contributed by atoms with E-state index in [1.165, 1.54) is 17.6 Å². The fourth-order valence-electron chi connectivity index (χ4n) is 2.82. The molecule has 0 aliphatic heterocycles. The minimum absolute atomic E-state index is 0.197. The number of methoxy groups -OCH3 is 1. The third-order valence-corrected chi connectivity index (χ3v) is 3.80. The molecule has 0 saturated carbocycles. The Morgan fingerprint density at radius 2 is 2.15 bits per heavy atom. The van der Waals surface area contributed by atoms with Crippen molar-refractivity contribution in [3.63, 3.8) is 0 Å². The molecule has 1 aromatic rings. The minimum atomic E-state index is 0.197. The third kappa shape index (κ3) is 4.44. The number of benzene rings is 1. The lowest BCUT2D eigenvalue weighted by Crippen LogP contribution is -2.41. The van der Waals surface area contributed by atoms with E-state index in [2.05, 4.69) is 41.7 Å². The fourth-order valence-corrected chi connectivity index (χ4v) is 2.82. The van der Waals surface area contributed by atoms with Crippen molar-refractivity contribution in [3.05, 3.63) is 42.0 Å². The summed E-state index contributed by atoms with van der Waals surface area (Å²) in [5.74, 6) is 0. The highest BCUT2D eigenvalue weighted by Gasteiger charge is 2.18. The van der Waals surface area contributed by atoms with Gasteiger partial charge >= 0.3 is 0 Å². The van der Waals surface area contributed by atoms with Crippen LogP contribution >= 0.6 is 0 Å². The molecule has 110 valence electrons. The van der Waals surface area contributed by atoms with Crippen molar-refractivity contribution in [1.82, 2.24) is 5.32 Å². The second-order valence-electron chi connectivity index (χ2n) is 5.39. The van der Waals surface area contributed by atoms with Crippen LogP contribution in [-0.2, 0) is 4.74 Å². The lowest BCUT2D eigenvalue weighted by Gasteiger charge is -2.27. The van der Waals surface area contributed by atoms with Crippen LogP contribution in [0.2, 0.25) is 0 Å². The van der Waals surface area contributed by atoms with Crippen molar-refractivity contribution in [2.45, 2.75) is 37.8 Å². The first-order chi connectivity index (χ1) is 9.83. The highest BCUT2D eigenvalue weighted by Crippen LogP contribution is 2.26. The van der Waals surface area contributed by atoms with Gasteiger partial charge in [0.1, 0.15) is 0 Å². The van der Waals surface area contributed by atoms with Gasteiger partial charge in [0, 0.05) is 25.8 Å². The summed E-state index contributed by atoms with van der Waals surface area (Å²) in [6.45, 7) is 0.842. The van der Waals surface area contributed by atoms with Crippen LogP contribution in [-0.4, -0.2) is 37.5 Å². The van der Waals surface area contributed by atoms with E-state index in [0.717, 1.165) is 19.3 Å². The van der Waals surface area contributed by atoms with Gasteiger partial charge in [-0.15, -0.1) is 0 Å². The largest absolute Gasteiger partial charge is 0.396 e. The molecule has 2 atom stereocenters. The smallest absolute Gasteiger partial charge is 0.0616 e. The van der Waals surface area contributed by atoms with Gasteiger partial charge in [0.2, 0.25) is 0 Å². The van der Waals surface area contributed by atoms with Crippen molar-refractivity contribution in [2.24, 2.45) is 0 Å². The van der Waals surface area contributed by atoms with Crippen LogP contribution in [0.1, 0.15) is 31.2 Å². The summed E-state index contributed by atoms with van der Waals surface area (Å²) in [5, 5.41) is 12.7. The molecule has 1 aliphatic rings. The lowest BCUT2D eigenvalue weighted by atomic mass is 9.90. The fraction of sp³-hybridized carbons (Fsp3) is 0.529. The van der Waals surface area contributed by atoms with Gasteiger partial charge in [-0.2, -0.15) is 0 Å². The molecule has 0 radical (unpaired) electrons. The number of aliphatic hydroxyl groups excluding tert-OH is 1. The average Bonchev–Trinajstić information content (AvgIpc) is 2.49. The molecule has 20 heavy (non-hydrogen) atoms. The molecule has 0 bridgehead atoms.